The van der Waals surface area contributed by atoms with Gasteiger partial charge in [-0.15, -0.1) is 0 Å². The Morgan fingerprint density at radius 2 is 2.07 bits per heavy atom. The number of hydrogen-bond acceptors (Lipinski definition) is 4. The molecule has 1 aliphatic heterocycles. The van der Waals surface area contributed by atoms with Crippen LogP contribution in [-0.2, 0) is 9.84 Å². The van der Waals surface area contributed by atoms with Gasteiger partial charge in [0.25, 0.3) is 0 Å². The summed E-state index contributed by atoms with van der Waals surface area (Å²) in [5, 5.41) is 3.41. The highest BCUT2D eigenvalue weighted by molar-refractivity contribution is 7.91. The Hall–Kier alpha value is -0.130. The number of hydrogen-bond donors (Lipinski definition) is 1. The molecular formula is C10H22N2O2S. The third-order valence-corrected chi connectivity index (χ3v) is 4.49. The summed E-state index contributed by atoms with van der Waals surface area (Å²) >= 11 is 0. The Labute approximate surface area is 93.0 Å². The van der Waals surface area contributed by atoms with E-state index in [4.69, 9.17) is 0 Å². The van der Waals surface area contributed by atoms with Crippen molar-refractivity contribution >= 4 is 9.84 Å². The molecule has 1 heterocycles. The highest BCUT2D eigenvalue weighted by atomic mass is 32.2. The number of piperazine rings is 1. The first-order chi connectivity index (χ1) is 6.85. The average molecular weight is 234 g/mol. The van der Waals surface area contributed by atoms with Crippen LogP contribution in [0.4, 0.5) is 0 Å². The van der Waals surface area contributed by atoms with Gasteiger partial charge in [-0.25, -0.2) is 8.42 Å². The Morgan fingerprint density at radius 3 is 2.60 bits per heavy atom. The van der Waals surface area contributed by atoms with E-state index in [0.717, 1.165) is 19.6 Å². The minimum Gasteiger partial charge on any atom is -0.309 e. The lowest BCUT2D eigenvalue weighted by Crippen LogP contribution is -2.57. The van der Waals surface area contributed by atoms with Crippen LogP contribution in [0.5, 0.6) is 0 Å². The Balaban J connectivity index is 2.40. The van der Waals surface area contributed by atoms with Gasteiger partial charge in [0, 0.05) is 37.5 Å². The molecule has 5 heteroatoms. The van der Waals surface area contributed by atoms with Gasteiger partial charge in [-0.3, -0.25) is 4.90 Å². The average Bonchev–Trinajstić information content (AvgIpc) is 2.14. The molecule has 1 saturated heterocycles. The summed E-state index contributed by atoms with van der Waals surface area (Å²) in [5.74, 6) is 0.544. The molecule has 1 rings (SSSR count). The summed E-state index contributed by atoms with van der Waals surface area (Å²) in [6, 6.07) is 0. The van der Waals surface area contributed by atoms with Gasteiger partial charge >= 0.3 is 0 Å². The first-order valence-electron chi connectivity index (χ1n) is 5.52. The van der Waals surface area contributed by atoms with E-state index in [1.165, 1.54) is 0 Å². The van der Waals surface area contributed by atoms with Crippen molar-refractivity contribution in [1.82, 2.24) is 10.2 Å². The topological polar surface area (TPSA) is 49.4 Å². The van der Waals surface area contributed by atoms with Crippen molar-refractivity contribution in [3.8, 4) is 0 Å². The maximum absolute atomic E-state index is 11.4. The fourth-order valence-electron chi connectivity index (χ4n) is 1.85. The van der Waals surface area contributed by atoms with Crippen molar-refractivity contribution in [2.75, 3.05) is 37.7 Å². The molecule has 1 aliphatic rings. The van der Waals surface area contributed by atoms with Crippen molar-refractivity contribution in [2.45, 2.75) is 26.3 Å². The highest BCUT2D eigenvalue weighted by Gasteiger charge is 2.25. The van der Waals surface area contributed by atoms with Crippen molar-refractivity contribution in [1.29, 1.82) is 0 Å². The minimum absolute atomic E-state index is 0.105. The zero-order valence-corrected chi connectivity index (χ0v) is 10.7. The highest BCUT2D eigenvalue weighted by Crippen LogP contribution is 2.09. The van der Waals surface area contributed by atoms with Gasteiger partial charge in [-0.2, -0.15) is 0 Å². The number of sulfone groups is 1. The smallest absolute Gasteiger partial charge is 0.151 e. The van der Waals surface area contributed by atoms with E-state index in [9.17, 15) is 8.42 Å². The Morgan fingerprint density at radius 1 is 1.40 bits per heavy atom. The Bertz CT molecular complexity index is 299. The van der Waals surface area contributed by atoms with Gasteiger partial charge in [0.2, 0.25) is 0 Å². The molecule has 0 saturated carbocycles. The molecular weight excluding hydrogens is 212 g/mol. The molecule has 4 nitrogen and oxygen atoms in total. The second-order valence-electron chi connectivity index (χ2n) is 4.82. The second-order valence-corrected chi connectivity index (χ2v) is 7.30. The van der Waals surface area contributed by atoms with E-state index in [1.807, 2.05) is 0 Å². The SMILES string of the molecule is CCS(=O)(=O)CCN1CCNC(C)(C)C1. The standard InChI is InChI=1S/C10H22N2O2S/c1-4-15(13,14)8-7-12-6-5-11-10(2,3)9-12/h11H,4-9H2,1-3H3. The van der Waals surface area contributed by atoms with Gasteiger partial charge in [-0.1, -0.05) is 6.92 Å². The van der Waals surface area contributed by atoms with Crippen LogP contribution in [-0.4, -0.2) is 56.5 Å². The normalized spacial score (nSPS) is 22.9. The lowest BCUT2D eigenvalue weighted by molar-refractivity contribution is 0.162. The summed E-state index contributed by atoms with van der Waals surface area (Å²) in [6.07, 6.45) is 0. The summed E-state index contributed by atoms with van der Waals surface area (Å²) in [6.45, 7) is 9.48. The molecule has 90 valence electrons. The molecule has 1 fully saturated rings. The van der Waals surface area contributed by atoms with Gasteiger partial charge in [0.15, 0.2) is 9.84 Å². The van der Waals surface area contributed by atoms with Crippen molar-refractivity contribution < 1.29 is 8.42 Å². The van der Waals surface area contributed by atoms with Crippen molar-refractivity contribution in [2.24, 2.45) is 0 Å². The molecule has 0 unspecified atom stereocenters. The number of nitrogens with one attached hydrogen (secondary N) is 1. The van der Waals surface area contributed by atoms with Crippen LogP contribution in [0.3, 0.4) is 0 Å². The second kappa shape index (κ2) is 4.80. The number of nitrogens with zero attached hydrogens (tertiary/aromatic N) is 1. The van der Waals surface area contributed by atoms with E-state index < -0.39 is 9.84 Å². The van der Waals surface area contributed by atoms with Crippen LogP contribution < -0.4 is 5.32 Å². The molecule has 0 bridgehead atoms. The van der Waals surface area contributed by atoms with Crippen molar-refractivity contribution in [3.05, 3.63) is 0 Å². The molecule has 1 N–H and O–H groups in total. The van der Waals surface area contributed by atoms with E-state index in [1.54, 1.807) is 6.92 Å². The molecule has 0 aromatic rings. The fourth-order valence-corrected chi connectivity index (χ4v) is 2.67. The van der Waals surface area contributed by atoms with Crippen LogP contribution in [0.2, 0.25) is 0 Å². The van der Waals surface area contributed by atoms with Crippen molar-refractivity contribution in [3.63, 3.8) is 0 Å². The van der Waals surface area contributed by atoms with Gasteiger partial charge in [-0.05, 0) is 13.8 Å². The molecule has 0 radical (unpaired) electrons. The third kappa shape index (κ3) is 4.49. The predicted molar refractivity (Wildman–Crippen MR) is 62.8 cm³/mol. The zero-order chi connectivity index (χ0) is 11.5. The maximum Gasteiger partial charge on any atom is 0.151 e. The van der Waals surface area contributed by atoms with Gasteiger partial charge in [0.1, 0.15) is 0 Å². The lowest BCUT2D eigenvalue weighted by atomic mass is 10.0. The minimum atomic E-state index is -2.82. The lowest BCUT2D eigenvalue weighted by Gasteiger charge is -2.39. The predicted octanol–water partition coefficient (Wildman–Crippen LogP) is 0.105. The zero-order valence-electron chi connectivity index (χ0n) is 9.91. The summed E-state index contributed by atoms with van der Waals surface area (Å²) in [7, 11) is -2.82. The van der Waals surface area contributed by atoms with E-state index >= 15 is 0 Å². The van der Waals surface area contributed by atoms with E-state index in [0.29, 0.717) is 12.3 Å². The van der Waals surface area contributed by atoms with Crippen LogP contribution in [0, 0.1) is 0 Å². The molecule has 0 amide bonds. The van der Waals surface area contributed by atoms with Crippen LogP contribution in [0.15, 0.2) is 0 Å². The molecule has 15 heavy (non-hydrogen) atoms. The third-order valence-electron chi connectivity index (χ3n) is 2.81. The molecule has 0 aromatic heterocycles. The molecule has 0 aliphatic carbocycles. The first-order valence-corrected chi connectivity index (χ1v) is 7.34. The van der Waals surface area contributed by atoms with Crippen LogP contribution in [0.25, 0.3) is 0 Å². The largest absolute Gasteiger partial charge is 0.309 e. The quantitative estimate of drug-likeness (QED) is 0.750. The van der Waals surface area contributed by atoms with Crippen LogP contribution in [0.1, 0.15) is 20.8 Å². The molecule has 0 spiro atoms. The Kier molecular flexibility index (Phi) is 4.14. The van der Waals surface area contributed by atoms with E-state index in [-0.39, 0.29) is 11.3 Å². The molecule has 0 aromatic carbocycles. The first kappa shape index (κ1) is 12.9. The summed E-state index contributed by atoms with van der Waals surface area (Å²) < 4.78 is 22.7. The van der Waals surface area contributed by atoms with Gasteiger partial charge < -0.3 is 5.32 Å². The maximum atomic E-state index is 11.4. The molecule has 0 atom stereocenters. The number of rotatable bonds is 4. The van der Waals surface area contributed by atoms with Gasteiger partial charge in [0.05, 0.1) is 5.75 Å². The monoisotopic (exact) mass is 234 g/mol. The summed E-state index contributed by atoms with van der Waals surface area (Å²) in [5.41, 5.74) is 0.105. The fraction of sp³-hybridized carbons (Fsp3) is 1.00. The van der Waals surface area contributed by atoms with E-state index in [2.05, 4.69) is 24.1 Å². The summed E-state index contributed by atoms with van der Waals surface area (Å²) in [4.78, 5) is 2.23. The van der Waals surface area contributed by atoms with Crippen LogP contribution >= 0.6 is 0 Å².